The number of hydrogen-bond acceptors (Lipinski definition) is 8. The summed E-state index contributed by atoms with van der Waals surface area (Å²) in [5, 5.41) is 9.46. The summed E-state index contributed by atoms with van der Waals surface area (Å²) in [5.41, 5.74) is 0.392. The van der Waals surface area contributed by atoms with E-state index in [0.29, 0.717) is 35.9 Å². The van der Waals surface area contributed by atoms with Crippen molar-refractivity contribution in [3.8, 4) is 6.07 Å². The van der Waals surface area contributed by atoms with Crippen LogP contribution in [0.3, 0.4) is 0 Å². The van der Waals surface area contributed by atoms with Crippen molar-refractivity contribution in [3.63, 3.8) is 0 Å². The van der Waals surface area contributed by atoms with Crippen LogP contribution < -0.4 is 10.8 Å². The predicted octanol–water partition coefficient (Wildman–Crippen LogP) is 0.877. The number of fused-ring (bicyclic) bond motifs is 1. The Bertz CT molecular complexity index is 904. The number of carbonyl (C=O) groups is 2. The molecule has 10 heteroatoms. The van der Waals surface area contributed by atoms with E-state index in [1.165, 1.54) is 17.1 Å². The molecule has 0 aromatic carbocycles. The van der Waals surface area contributed by atoms with Gasteiger partial charge >= 0.3 is 6.09 Å². The highest BCUT2D eigenvalue weighted by atomic mass is 16.7. The molecule has 3 rings (SSSR count). The highest BCUT2D eigenvalue weighted by Crippen LogP contribution is 2.29. The fraction of sp³-hybridized carbons (Fsp3) is 0.471. The van der Waals surface area contributed by atoms with Crippen molar-refractivity contribution in [1.82, 2.24) is 19.4 Å². The maximum absolute atomic E-state index is 12.1. The lowest BCUT2D eigenvalue weighted by Crippen LogP contribution is -2.52. The molecule has 0 radical (unpaired) electrons. The van der Waals surface area contributed by atoms with Gasteiger partial charge in [-0.3, -0.25) is 4.79 Å². The fourth-order valence-corrected chi connectivity index (χ4v) is 3.54. The van der Waals surface area contributed by atoms with Gasteiger partial charge < -0.3 is 14.6 Å². The van der Waals surface area contributed by atoms with Gasteiger partial charge in [0.25, 0.3) is 0 Å². The van der Waals surface area contributed by atoms with Crippen molar-refractivity contribution in [2.75, 3.05) is 25.0 Å². The number of anilines is 1. The van der Waals surface area contributed by atoms with Gasteiger partial charge in [0.05, 0.1) is 17.5 Å². The summed E-state index contributed by atoms with van der Waals surface area (Å²) in [6, 6.07) is 3.66. The van der Waals surface area contributed by atoms with Gasteiger partial charge in [0.2, 0.25) is 5.91 Å². The van der Waals surface area contributed by atoms with Gasteiger partial charge in [-0.2, -0.15) is 11.2 Å². The third kappa shape index (κ3) is 3.41. The number of nitrogens with two attached hydrogens (primary N) is 1. The highest BCUT2D eigenvalue weighted by molar-refractivity contribution is 5.93. The molecule has 0 spiro atoms. The second-order valence-corrected chi connectivity index (χ2v) is 6.62. The van der Waals surface area contributed by atoms with E-state index in [1.807, 2.05) is 18.0 Å². The van der Waals surface area contributed by atoms with E-state index < -0.39 is 6.09 Å². The van der Waals surface area contributed by atoms with Gasteiger partial charge in [0, 0.05) is 26.3 Å². The van der Waals surface area contributed by atoms with Crippen molar-refractivity contribution in [2.24, 2.45) is 11.8 Å². The van der Waals surface area contributed by atoms with Gasteiger partial charge in [-0.25, -0.2) is 19.3 Å². The quantitative estimate of drug-likeness (QED) is 0.787. The van der Waals surface area contributed by atoms with Crippen LogP contribution in [0.1, 0.15) is 19.8 Å². The van der Waals surface area contributed by atoms with Gasteiger partial charge in [-0.1, -0.05) is 6.92 Å². The highest BCUT2D eigenvalue weighted by Gasteiger charge is 2.32. The van der Waals surface area contributed by atoms with E-state index in [1.54, 1.807) is 11.0 Å². The first-order valence-corrected chi connectivity index (χ1v) is 8.58. The summed E-state index contributed by atoms with van der Waals surface area (Å²) >= 11 is 0. The van der Waals surface area contributed by atoms with E-state index in [4.69, 9.17) is 11.2 Å². The van der Waals surface area contributed by atoms with Gasteiger partial charge in [0.15, 0.2) is 5.65 Å². The Balaban J connectivity index is 1.91. The molecule has 1 aliphatic heterocycles. The number of rotatable bonds is 3. The normalized spacial score (nSPS) is 19.6. The lowest BCUT2D eigenvalue weighted by Gasteiger charge is -2.42. The van der Waals surface area contributed by atoms with Crippen LogP contribution >= 0.6 is 0 Å². The van der Waals surface area contributed by atoms with E-state index in [0.717, 1.165) is 6.42 Å². The zero-order valence-electron chi connectivity index (χ0n) is 15.2. The van der Waals surface area contributed by atoms with Gasteiger partial charge in [-0.15, -0.1) is 0 Å². The average Bonchev–Trinajstić information content (AvgIpc) is 3.11. The van der Waals surface area contributed by atoms with E-state index >= 15 is 0 Å². The molecule has 2 aromatic rings. The third-order valence-corrected chi connectivity index (χ3v) is 5.09. The Morgan fingerprint density at radius 3 is 2.96 bits per heavy atom. The Hall–Kier alpha value is -3.19. The molecule has 2 atom stereocenters. The first kappa shape index (κ1) is 18.6. The van der Waals surface area contributed by atoms with Crippen LogP contribution in [0, 0.1) is 17.2 Å². The number of nitriles is 1. The summed E-state index contributed by atoms with van der Waals surface area (Å²) in [7, 11) is 1.90. The molecular weight excluding hydrogens is 350 g/mol. The number of nitrogens with zero attached hydrogens (tertiary/aromatic N) is 6. The molecule has 1 amide bonds. The number of aromatic nitrogens is 3. The van der Waals surface area contributed by atoms with Crippen LogP contribution in [-0.2, 0) is 9.63 Å². The molecule has 27 heavy (non-hydrogen) atoms. The maximum Gasteiger partial charge on any atom is 0.438 e. The second kappa shape index (κ2) is 7.59. The summed E-state index contributed by atoms with van der Waals surface area (Å²) in [6.45, 7) is 3.28. The minimum Gasteiger partial charge on any atom is -0.356 e. The molecular formula is C17H21N7O3. The van der Waals surface area contributed by atoms with Gasteiger partial charge in [-0.05, 0) is 18.4 Å². The average molecular weight is 371 g/mol. The molecule has 0 saturated carbocycles. The topological polar surface area (TPSA) is 130 Å². The van der Waals surface area contributed by atoms with E-state index in [-0.39, 0.29) is 18.4 Å². The monoisotopic (exact) mass is 371 g/mol. The molecule has 1 saturated heterocycles. The van der Waals surface area contributed by atoms with Crippen LogP contribution in [-0.4, -0.2) is 57.6 Å². The number of likely N-dealkylation sites (tertiary alicyclic amines) is 1. The fourth-order valence-electron chi connectivity index (χ4n) is 3.54. The SMILES string of the molecule is C[C@@H]1CCN(C(=O)CC#N)C[C@@H]1N(C)c1ncnc2c1ccn2C(=O)ON. The minimum atomic E-state index is -0.739. The smallest absolute Gasteiger partial charge is 0.356 e. The number of amides is 1. The summed E-state index contributed by atoms with van der Waals surface area (Å²) in [4.78, 5) is 40.4. The van der Waals surface area contributed by atoms with Crippen LogP contribution in [0.15, 0.2) is 18.6 Å². The van der Waals surface area contributed by atoms with Crippen molar-refractivity contribution < 1.29 is 14.4 Å². The lowest BCUT2D eigenvalue weighted by molar-refractivity contribution is -0.131. The van der Waals surface area contributed by atoms with Crippen LogP contribution in [0.5, 0.6) is 0 Å². The Kier molecular flexibility index (Phi) is 5.23. The molecule has 142 valence electrons. The van der Waals surface area contributed by atoms with E-state index in [2.05, 4.69) is 21.7 Å². The van der Waals surface area contributed by atoms with Crippen molar-refractivity contribution in [1.29, 1.82) is 5.26 Å². The standard InChI is InChI=1S/C17H21N7O3/c1-11-4-7-23(14(25)3-6-18)9-13(11)22(2)15-12-5-8-24(17(26)27-19)16(12)21-10-20-15/h5,8,10-11,13H,3-4,7,9,19H2,1-2H3/t11-,13+/m1/s1. The molecule has 1 aliphatic rings. The molecule has 10 nitrogen and oxygen atoms in total. The van der Waals surface area contributed by atoms with Gasteiger partial charge in [0.1, 0.15) is 18.6 Å². The molecule has 0 aliphatic carbocycles. The molecule has 0 bridgehead atoms. The van der Waals surface area contributed by atoms with Crippen molar-refractivity contribution in [3.05, 3.63) is 18.6 Å². The Morgan fingerprint density at radius 1 is 1.48 bits per heavy atom. The van der Waals surface area contributed by atoms with Crippen LogP contribution in [0.2, 0.25) is 0 Å². The van der Waals surface area contributed by atoms with Crippen molar-refractivity contribution >= 4 is 28.9 Å². The molecule has 3 heterocycles. The lowest BCUT2D eigenvalue weighted by atomic mass is 9.92. The zero-order valence-corrected chi connectivity index (χ0v) is 15.2. The van der Waals surface area contributed by atoms with Crippen molar-refractivity contribution in [2.45, 2.75) is 25.8 Å². The van der Waals surface area contributed by atoms with Crippen LogP contribution in [0.4, 0.5) is 10.6 Å². The van der Waals surface area contributed by atoms with E-state index in [9.17, 15) is 9.59 Å². The van der Waals surface area contributed by atoms with Crippen LogP contribution in [0.25, 0.3) is 11.0 Å². The third-order valence-electron chi connectivity index (χ3n) is 5.09. The molecule has 1 fully saturated rings. The largest absolute Gasteiger partial charge is 0.438 e. The Labute approximate surface area is 156 Å². The summed E-state index contributed by atoms with van der Waals surface area (Å²) in [6.07, 6.45) is 2.88. The second-order valence-electron chi connectivity index (χ2n) is 6.62. The number of hydrogen-bond donors (Lipinski definition) is 1. The molecule has 2 N–H and O–H groups in total. The summed E-state index contributed by atoms with van der Waals surface area (Å²) in [5.74, 6) is 5.78. The number of carbonyl (C=O) groups excluding carboxylic acids is 2. The molecule has 0 unspecified atom stereocenters. The number of piperidine rings is 1. The first-order chi connectivity index (χ1) is 13.0. The predicted molar refractivity (Wildman–Crippen MR) is 96.4 cm³/mol. The first-order valence-electron chi connectivity index (χ1n) is 8.58. The number of likely N-dealkylation sites (N-methyl/N-ethyl adjacent to an activating group) is 1. The summed E-state index contributed by atoms with van der Waals surface area (Å²) < 4.78 is 1.21. The zero-order chi connectivity index (χ0) is 19.6. The maximum atomic E-state index is 12.1. The molecule has 2 aromatic heterocycles. The minimum absolute atomic E-state index is 0.0179. The Morgan fingerprint density at radius 2 is 2.26 bits per heavy atom.